The van der Waals surface area contributed by atoms with E-state index in [1.807, 2.05) is 29.6 Å². The summed E-state index contributed by atoms with van der Waals surface area (Å²) in [6.07, 6.45) is 0. The van der Waals surface area contributed by atoms with Gasteiger partial charge in [-0.15, -0.1) is 22.7 Å². The van der Waals surface area contributed by atoms with E-state index < -0.39 is 0 Å². The Morgan fingerprint density at radius 2 is 1.82 bits per heavy atom. The van der Waals surface area contributed by atoms with Crippen molar-refractivity contribution < 1.29 is 14.3 Å². The number of nitrogens with zero attached hydrogens (tertiary/aromatic N) is 2. The van der Waals surface area contributed by atoms with Crippen LogP contribution in [0.2, 0.25) is 0 Å². The van der Waals surface area contributed by atoms with Crippen LogP contribution in [0, 0.1) is 13.8 Å². The minimum absolute atomic E-state index is 0.0627. The molecule has 1 N–H and O–H groups in total. The van der Waals surface area contributed by atoms with Gasteiger partial charge in [-0.2, -0.15) is 0 Å². The highest BCUT2D eigenvalue weighted by Gasteiger charge is 2.33. The molecule has 0 spiro atoms. The number of anilines is 1. The van der Waals surface area contributed by atoms with Crippen molar-refractivity contribution in [2.45, 2.75) is 19.9 Å². The van der Waals surface area contributed by atoms with Gasteiger partial charge in [0.25, 0.3) is 5.91 Å². The SMILES string of the molecule is COc1cccc(C(c2c(NC(=O)c3cccs3)sc(C)c2C)N2CCN(C)CC2)c1OC. The predicted molar refractivity (Wildman–Crippen MR) is 137 cm³/mol. The molecule has 33 heavy (non-hydrogen) atoms. The molecule has 3 heterocycles. The van der Waals surface area contributed by atoms with Crippen LogP contribution in [0.25, 0.3) is 0 Å². The number of hydrogen-bond acceptors (Lipinski definition) is 7. The molecule has 1 aliphatic heterocycles. The number of methoxy groups -OCH3 is 2. The Morgan fingerprint density at radius 3 is 2.45 bits per heavy atom. The first kappa shape index (κ1) is 23.8. The average Bonchev–Trinajstić information content (AvgIpc) is 3.45. The molecule has 2 aromatic heterocycles. The molecule has 176 valence electrons. The first-order valence-electron chi connectivity index (χ1n) is 11.0. The monoisotopic (exact) mass is 485 g/mol. The zero-order valence-corrected chi connectivity index (χ0v) is 21.4. The molecular weight excluding hydrogens is 454 g/mol. The van der Waals surface area contributed by atoms with Crippen LogP contribution in [0.5, 0.6) is 11.5 Å². The summed E-state index contributed by atoms with van der Waals surface area (Å²) in [4.78, 5) is 19.7. The normalized spacial score (nSPS) is 15.9. The highest BCUT2D eigenvalue weighted by atomic mass is 32.1. The number of rotatable bonds is 7. The van der Waals surface area contributed by atoms with Crippen LogP contribution in [0.4, 0.5) is 5.00 Å². The third-order valence-corrected chi connectivity index (χ3v) is 8.32. The lowest BCUT2D eigenvalue weighted by Gasteiger charge is -2.39. The van der Waals surface area contributed by atoms with E-state index in [9.17, 15) is 4.79 Å². The van der Waals surface area contributed by atoms with E-state index in [1.54, 1.807) is 25.6 Å². The van der Waals surface area contributed by atoms with E-state index >= 15 is 0 Å². The quantitative estimate of drug-likeness (QED) is 0.509. The molecule has 1 amide bonds. The first-order chi connectivity index (χ1) is 15.9. The van der Waals surface area contributed by atoms with E-state index in [0.717, 1.165) is 48.1 Å². The van der Waals surface area contributed by atoms with Crippen molar-refractivity contribution in [2.75, 3.05) is 52.8 Å². The van der Waals surface area contributed by atoms with Crippen LogP contribution in [-0.4, -0.2) is 63.2 Å². The molecule has 0 bridgehead atoms. The van der Waals surface area contributed by atoms with Gasteiger partial charge < -0.3 is 19.7 Å². The summed E-state index contributed by atoms with van der Waals surface area (Å²) in [6, 6.07) is 9.75. The Hall–Kier alpha value is -2.39. The van der Waals surface area contributed by atoms with Crippen LogP contribution in [-0.2, 0) is 0 Å². The second-order valence-electron chi connectivity index (χ2n) is 8.28. The van der Waals surface area contributed by atoms with Crippen molar-refractivity contribution in [3.63, 3.8) is 0 Å². The lowest BCUT2D eigenvalue weighted by molar-refractivity contribution is 0.103. The Labute approximate surface area is 203 Å². The maximum atomic E-state index is 13.0. The minimum Gasteiger partial charge on any atom is -0.493 e. The van der Waals surface area contributed by atoms with Crippen molar-refractivity contribution >= 4 is 33.6 Å². The number of piperazine rings is 1. The van der Waals surface area contributed by atoms with Gasteiger partial charge in [-0.25, -0.2) is 0 Å². The molecule has 1 unspecified atom stereocenters. The highest BCUT2D eigenvalue weighted by molar-refractivity contribution is 7.17. The summed E-state index contributed by atoms with van der Waals surface area (Å²) in [6.45, 7) is 8.10. The zero-order chi connectivity index (χ0) is 23.5. The lowest BCUT2D eigenvalue weighted by atomic mass is 9.93. The Kier molecular flexibility index (Phi) is 7.38. The molecule has 1 aromatic carbocycles. The highest BCUT2D eigenvalue weighted by Crippen LogP contribution is 2.46. The van der Waals surface area contributed by atoms with E-state index in [2.05, 4.69) is 42.1 Å². The van der Waals surface area contributed by atoms with Gasteiger partial charge in [-0.1, -0.05) is 18.2 Å². The molecule has 1 saturated heterocycles. The number of carbonyl (C=O) groups excluding carboxylic acids is 1. The standard InChI is InChI=1S/C25H31N3O3S2/c1-16-17(2)33-25(26-24(29)20-10-7-15-32-20)21(16)22(28-13-11-27(3)12-14-28)18-8-6-9-19(30-4)23(18)31-5/h6-10,15,22H,11-14H2,1-5H3,(H,26,29). The Balaban J connectivity index is 1.84. The lowest BCUT2D eigenvalue weighted by Crippen LogP contribution is -2.46. The molecule has 1 aliphatic rings. The largest absolute Gasteiger partial charge is 0.493 e. The summed E-state index contributed by atoms with van der Waals surface area (Å²) in [5.74, 6) is 1.38. The molecule has 1 atom stereocenters. The van der Waals surface area contributed by atoms with Crippen molar-refractivity contribution in [3.8, 4) is 11.5 Å². The van der Waals surface area contributed by atoms with Crippen molar-refractivity contribution in [1.82, 2.24) is 9.80 Å². The molecule has 0 aliphatic carbocycles. The van der Waals surface area contributed by atoms with Gasteiger partial charge in [-0.3, -0.25) is 9.69 Å². The fourth-order valence-electron chi connectivity index (χ4n) is 4.38. The number of nitrogens with one attached hydrogen (secondary N) is 1. The number of benzene rings is 1. The van der Waals surface area contributed by atoms with Crippen LogP contribution < -0.4 is 14.8 Å². The summed E-state index contributed by atoms with van der Waals surface area (Å²) in [5, 5.41) is 6.05. The number of ether oxygens (including phenoxy) is 2. The van der Waals surface area contributed by atoms with Gasteiger partial charge in [0.2, 0.25) is 0 Å². The van der Waals surface area contributed by atoms with Crippen molar-refractivity contribution in [3.05, 3.63) is 62.2 Å². The first-order valence-corrected chi connectivity index (χ1v) is 12.7. The molecule has 0 saturated carbocycles. The summed E-state index contributed by atoms with van der Waals surface area (Å²) in [7, 11) is 5.51. The number of aryl methyl sites for hydroxylation is 1. The van der Waals surface area contributed by atoms with Gasteiger partial charge in [0.1, 0.15) is 5.00 Å². The number of hydrogen-bond donors (Lipinski definition) is 1. The average molecular weight is 486 g/mol. The topological polar surface area (TPSA) is 54.0 Å². The molecule has 4 rings (SSSR count). The third kappa shape index (κ3) is 4.80. The van der Waals surface area contributed by atoms with Crippen LogP contribution in [0.15, 0.2) is 35.7 Å². The summed E-state index contributed by atoms with van der Waals surface area (Å²) < 4.78 is 11.5. The second kappa shape index (κ2) is 10.3. The second-order valence-corrected chi connectivity index (χ2v) is 10.5. The zero-order valence-electron chi connectivity index (χ0n) is 19.8. The number of amides is 1. The number of carbonyl (C=O) groups is 1. The maximum absolute atomic E-state index is 13.0. The molecule has 3 aromatic rings. The summed E-state index contributed by atoms with van der Waals surface area (Å²) >= 11 is 3.09. The fraction of sp³-hybridized carbons (Fsp3) is 0.400. The Morgan fingerprint density at radius 1 is 1.06 bits per heavy atom. The van der Waals surface area contributed by atoms with E-state index in [4.69, 9.17) is 9.47 Å². The fourth-order valence-corrected chi connectivity index (χ4v) is 6.09. The molecule has 0 radical (unpaired) electrons. The van der Waals surface area contributed by atoms with Gasteiger partial charge >= 0.3 is 0 Å². The van der Waals surface area contributed by atoms with Gasteiger partial charge in [0.15, 0.2) is 11.5 Å². The van der Waals surface area contributed by atoms with Gasteiger partial charge in [0, 0.05) is 42.2 Å². The van der Waals surface area contributed by atoms with Crippen molar-refractivity contribution in [2.24, 2.45) is 0 Å². The number of likely N-dealkylation sites (N-methyl/N-ethyl adjacent to an activating group) is 1. The van der Waals surface area contributed by atoms with Crippen molar-refractivity contribution in [1.29, 1.82) is 0 Å². The number of thiophene rings is 2. The van der Waals surface area contributed by atoms with E-state index in [0.29, 0.717) is 10.6 Å². The van der Waals surface area contributed by atoms with E-state index in [-0.39, 0.29) is 11.9 Å². The molecule has 8 heteroatoms. The molecule has 1 fully saturated rings. The molecule has 6 nitrogen and oxygen atoms in total. The Bertz CT molecular complexity index is 1100. The van der Waals surface area contributed by atoms with Gasteiger partial charge in [0.05, 0.1) is 25.1 Å². The number of para-hydroxylation sites is 1. The summed E-state index contributed by atoms with van der Waals surface area (Å²) in [5.41, 5.74) is 3.39. The maximum Gasteiger partial charge on any atom is 0.266 e. The van der Waals surface area contributed by atoms with Crippen LogP contribution in [0.1, 0.15) is 37.3 Å². The molecular formula is C25H31N3O3S2. The van der Waals surface area contributed by atoms with E-state index in [1.165, 1.54) is 21.8 Å². The van der Waals surface area contributed by atoms with Crippen LogP contribution >= 0.6 is 22.7 Å². The smallest absolute Gasteiger partial charge is 0.266 e. The van der Waals surface area contributed by atoms with Crippen LogP contribution in [0.3, 0.4) is 0 Å². The minimum atomic E-state index is -0.0674. The predicted octanol–water partition coefficient (Wildman–Crippen LogP) is 5.03. The third-order valence-electron chi connectivity index (χ3n) is 6.31. The van der Waals surface area contributed by atoms with Gasteiger partial charge in [-0.05, 0) is 44.0 Å².